The third-order valence-electron chi connectivity index (χ3n) is 4.87. The van der Waals surface area contributed by atoms with Crippen molar-refractivity contribution in [3.8, 4) is 0 Å². The first-order chi connectivity index (χ1) is 12.7. The topological polar surface area (TPSA) is 50.2 Å². The Morgan fingerprint density at radius 1 is 1.15 bits per heavy atom. The monoisotopic (exact) mass is 346 g/mol. The number of nitrogens with one attached hydrogen (secondary N) is 1. The van der Waals surface area contributed by atoms with Gasteiger partial charge in [-0.05, 0) is 35.9 Å². The van der Waals surface area contributed by atoms with Crippen LogP contribution >= 0.6 is 0 Å². The van der Waals surface area contributed by atoms with Crippen LogP contribution in [0.2, 0.25) is 0 Å². The number of aromatic nitrogens is 2. The molecule has 132 valence electrons. The van der Waals surface area contributed by atoms with E-state index < -0.39 is 0 Å². The van der Waals surface area contributed by atoms with Gasteiger partial charge < -0.3 is 14.8 Å². The Labute approximate surface area is 153 Å². The van der Waals surface area contributed by atoms with E-state index >= 15 is 0 Å². The van der Waals surface area contributed by atoms with E-state index in [9.17, 15) is 4.79 Å². The molecule has 5 nitrogen and oxygen atoms in total. The average molecular weight is 346 g/mol. The number of hydrogen-bond donors (Lipinski definition) is 1. The van der Waals surface area contributed by atoms with Crippen molar-refractivity contribution in [1.29, 1.82) is 0 Å². The summed E-state index contributed by atoms with van der Waals surface area (Å²) in [5.41, 5.74) is 5.20. The van der Waals surface area contributed by atoms with Crippen LogP contribution in [0.5, 0.6) is 0 Å². The van der Waals surface area contributed by atoms with E-state index in [-0.39, 0.29) is 5.91 Å². The van der Waals surface area contributed by atoms with Gasteiger partial charge in [0.25, 0.3) is 5.91 Å². The van der Waals surface area contributed by atoms with Gasteiger partial charge in [-0.25, -0.2) is 0 Å². The number of carbonyl (C=O) groups is 1. The Hall–Kier alpha value is -3.08. The van der Waals surface area contributed by atoms with Crippen molar-refractivity contribution < 1.29 is 4.79 Å². The first-order valence-corrected chi connectivity index (χ1v) is 8.88. The van der Waals surface area contributed by atoms with Gasteiger partial charge in [0.1, 0.15) is 5.69 Å². The highest BCUT2D eigenvalue weighted by molar-refractivity contribution is 5.93. The number of nitrogens with zero attached hydrogens (tertiary/aromatic N) is 3. The second kappa shape index (κ2) is 7.04. The number of anilines is 1. The van der Waals surface area contributed by atoms with Gasteiger partial charge in [0, 0.05) is 43.3 Å². The summed E-state index contributed by atoms with van der Waals surface area (Å²) in [4.78, 5) is 19.1. The fourth-order valence-corrected chi connectivity index (χ4v) is 3.35. The second-order valence-electron chi connectivity index (χ2n) is 6.60. The Morgan fingerprint density at radius 3 is 2.85 bits per heavy atom. The standard InChI is InChI=1S/C21H22N4O/c1-24(13-11-17-7-4-5-12-22-17)21(26)20-10-9-18-14-23-19-8-3-2-6-16(19)15-25(18)20/h2-10,12,23H,11,13-15H2,1H3. The van der Waals surface area contributed by atoms with Crippen LogP contribution in [-0.4, -0.2) is 34.0 Å². The molecule has 0 unspecified atom stereocenters. The summed E-state index contributed by atoms with van der Waals surface area (Å²) >= 11 is 0. The van der Waals surface area contributed by atoms with E-state index in [1.165, 1.54) is 5.56 Å². The van der Waals surface area contributed by atoms with Crippen LogP contribution in [0.1, 0.15) is 27.4 Å². The first-order valence-electron chi connectivity index (χ1n) is 8.88. The summed E-state index contributed by atoms with van der Waals surface area (Å²) < 4.78 is 2.12. The molecule has 0 spiro atoms. The predicted octanol–water partition coefficient (Wildman–Crippen LogP) is 3.17. The van der Waals surface area contributed by atoms with E-state index in [1.54, 1.807) is 11.1 Å². The molecule has 0 saturated carbocycles. The molecule has 0 fully saturated rings. The van der Waals surface area contributed by atoms with Gasteiger partial charge in [-0.15, -0.1) is 0 Å². The quantitative estimate of drug-likeness (QED) is 0.789. The van der Waals surface area contributed by atoms with Crippen LogP contribution in [0.4, 0.5) is 5.69 Å². The molecule has 1 N–H and O–H groups in total. The maximum atomic E-state index is 13.0. The lowest BCUT2D eigenvalue weighted by atomic mass is 10.2. The fraction of sp³-hybridized carbons (Fsp3) is 0.238. The molecule has 0 saturated heterocycles. The molecule has 0 aliphatic carbocycles. The Bertz CT molecular complexity index is 917. The van der Waals surface area contributed by atoms with E-state index in [0.29, 0.717) is 13.1 Å². The van der Waals surface area contributed by atoms with Crippen LogP contribution in [-0.2, 0) is 19.5 Å². The molecule has 0 radical (unpaired) electrons. The number of para-hydroxylation sites is 1. The second-order valence-corrected chi connectivity index (χ2v) is 6.60. The number of rotatable bonds is 4. The van der Waals surface area contributed by atoms with Crippen molar-refractivity contribution >= 4 is 11.6 Å². The summed E-state index contributed by atoms with van der Waals surface area (Å²) in [5, 5.41) is 3.46. The lowest BCUT2D eigenvalue weighted by molar-refractivity contribution is 0.0786. The molecule has 1 aromatic carbocycles. The van der Waals surface area contributed by atoms with Crippen LogP contribution < -0.4 is 5.32 Å². The lowest BCUT2D eigenvalue weighted by Gasteiger charge is -2.19. The Morgan fingerprint density at radius 2 is 2.00 bits per heavy atom. The van der Waals surface area contributed by atoms with Gasteiger partial charge in [-0.1, -0.05) is 24.3 Å². The average Bonchev–Trinajstić information content (AvgIpc) is 2.98. The van der Waals surface area contributed by atoms with Crippen molar-refractivity contribution in [3.05, 3.63) is 83.4 Å². The molecular formula is C21H22N4O. The fourth-order valence-electron chi connectivity index (χ4n) is 3.35. The number of pyridine rings is 1. The third kappa shape index (κ3) is 3.20. The van der Waals surface area contributed by atoms with Gasteiger partial charge in [-0.2, -0.15) is 0 Å². The molecule has 0 atom stereocenters. The molecule has 26 heavy (non-hydrogen) atoms. The Balaban J connectivity index is 1.52. The maximum Gasteiger partial charge on any atom is 0.270 e. The molecule has 0 bridgehead atoms. The minimum absolute atomic E-state index is 0.0477. The zero-order valence-electron chi connectivity index (χ0n) is 14.9. The zero-order chi connectivity index (χ0) is 17.9. The number of hydrogen-bond acceptors (Lipinski definition) is 3. The van der Waals surface area contributed by atoms with E-state index in [1.807, 2.05) is 49.5 Å². The smallest absolute Gasteiger partial charge is 0.270 e. The maximum absolute atomic E-state index is 13.0. The largest absolute Gasteiger partial charge is 0.379 e. The molecule has 4 rings (SSSR count). The molecule has 1 aliphatic heterocycles. The van der Waals surface area contributed by atoms with Gasteiger partial charge in [0.15, 0.2) is 0 Å². The minimum atomic E-state index is 0.0477. The van der Waals surface area contributed by atoms with Crippen LogP contribution in [0.25, 0.3) is 0 Å². The van der Waals surface area contributed by atoms with Gasteiger partial charge in [-0.3, -0.25) is 9.78 Å². The summed E-state index contributed by atoms with van der Waals surface area (Å²) in [6.07, 6.45) is 2.54. The number of benzene rings is 1. The summed E-state index contributed by atoms with van der Waals surface area (Å²) in [5.74, 6) is 0.0477. The number of carbonyl (C=O) groups excluding carboxylic acids is 1. The van der Waals surface area contributed by atoms with Crippen molar-refractivity contribution in [2.24, 2.45) is 0 Å². The number of fused-ring (bicyclic) bond motifs is 2. The van der Waals surface area contributed by atoms with Gasteiger partial charge in [0.05, 0.1) is 13.1 Å². The summed E-state index contributed by atoms with van der Waals surface area (Å²) in [6.45, 7) is 2.08. The predicted molar refractivity (Wildman–Crippen MR) is 102 cm³/mol. The van der Waals surface area contributed by atoms with E-state index in [0.717, 1.165) is 35.7 Å². The minimum Gasteiger partial charge on any atom is -0.379 e. The first kappa shape index (κ1) is 16.4. The number of likely N-dealkylation sites (N-methyl/N-ethyl adjacent to an activating group) is 1. The normalized spacial score (nSPS) is 12.5. The molecule has 1 aliphatic rings. The van der Waals surface area contributed by atoms with E-state index in [4.69, 9.17) is 0 Å². The van der Waals surface area contributed by atoms with Crippen LogP contribution in [0, 0.1) is 0 Å². The van der Waals surface area contributed by atoms with Crippen molar-refractivity contribution in [2.75, 3.05) is 18.9 Å². The van der Waals surface area contributed by atoms with Gasteiger partial charge in [0.2, 0.25) is 0 Å². The SMILES string of the molecule is CN(CCc1ccccn1)C(=O)c1ccc2n1Cc1ccccc1NC2. The van der Waals surface area contributed by atoms with Gasteiger partial charge >= 0.3 is 0 Å². The van der Waals surface area contributed by atoms with Crippen molar-refractivity contribution in [1.82, 2.24) is 14.5 Å². The zero-order valence-corrected chi connectivity index (χ0v) is 14.9. The van der Waals surface area contributed by atoms with Crippen LogP contribution in [0.15, 0.2) is 60.8 Å². The molecule has 3 heterocycles. The highest BCUT2D eigenvalue weighted by Gasteiger charge is 2.21. The molecule has 1 amide bonds. The molecule has 2 aromatic heterocycles. The third-order valence-corrected chi connectivity index (χ3v) is 4.87. The van der Waals surface area contributed by atoms with Crippen LogP contribution in [0.3, 0.4) is 0 Å². The van der Waals surface area contributed by atoms with Crippen molar-refractivity contribution in [3.63, 3.8) is 0 Å². The highest BCUT2D eigenvalue weighted by Crippen LogP contribution is 2.24. The summed E-state index contributed by atoms with van der Waals surface area (Å²) in [7, 11) is 1.86. The lowest BCUT2D eigenvalue weighted by Crippen LogP contribution is -2.31. The molecular weight excluding hydrogens is 324 g/mol. The van der Waals surface area contributed by atoms with E-state index in [2.05, 4.69) is 27.0 Å². The molecule has 3 aromatic rings. The summed E-state index contributed by atoms with van der Waals surface area (Å²) in [6, 6.07) is 18.1. The Kier molecular flexibility index (Phi) is 4.44. The molecule has 5 heteroatoms. The van der Waals surface area contributed by atoms with Crippen molar-refractivity contribution in [2.45, 2.75) is 19.5 Å². The number of amides is 1. The highest BCUT2D eigenvalue weighted by atomic mass is 16.2.